The molecular formula is C26H36BrClN4O4. The van der Waals surface area contributed by atoms with Gasteiger partial charge in [-0.2, -0.15) is 0 Å². The van der Waals surface area contributed by atoms with Gasteiger partial charge in [0.2, 0.25) is 17.7 Å². The molecule has 1 aromatic heterocycles. The Morgan fingerprint density at radius 2 is 1.97 bits per heavy atom. The van der Waals surface area contributed by atoms with Crippen molar-refractivity contribution < 1.29 is 19.1 Å². The number of rotatable bonds is 12. The number of nitrogens with one attached hydrogen (secondary N) is 2. The second-order valence-electron chi connectivity index (χ2n) is 8.92. The number of nitrogens with zero attached hydrogens (tertiary/aromatic N) is 1. The number of hydrogen-bond donors (Lipinski definition) is 3. The molecule has 1 aromatic carbocycles. The van der Waals surface area contributed by atoms with E-state index >= 15 is 0 Å². The lowest BCUT2D eigenvalue weighted by Crippen LogP contribution is -2.50. The van der Waals surface area contributed by atoms with E-state index in [4.69, 9.17) is 15.2 Å². The fourth-order valence-electron chi connectivity index (χ4n) is 4.23. The average molecular weight is 584 g/mol. The van der Waals surface area contributed by atoms with Gasteiger partial charge in [0.15, 0.2) is 0 Å². The van der Waals surface area contributed by atoms with Crippen molar-refractivity contribution in [2.75, 3.05) is 26.8 Å². The molecule has 2 amide bonds. The zero-order valence-electron chi connectivity index (χ0n) is 20.6. The van der Waals surface area contributed by atoms with Crippen LogP contribution in [0.15, 0.2) is 47.1 Å². The number of pyridine rings is 1. The number of methoxy groups -OCH3 is 1. The van der Waals surface area contributed by atoms with Gasteiger partial charge in [0, 0.05) is 49.3 Å². The van der Waals surface area contributed by atoms with Crippen molar-refractivity contribution in [2.24, 2.45) is 17.6 Å². The summed E-state index contributed by atoms with van der Waals surface area (Å²) in [5.41, 5.74) is 6.67. The van der Waals surface area contributed by atoms with E-state index in [1.807, 2.05) is 30.3 Å². The fraction of sp³-hybridized carbons (Fsp3) is 0.500. The Kier molecular flexibility index (Phi) is 13.2. The molecule has 0 spiro atoms. The molecule has 8 nitrogen and oxygen atoms in total. The van der Waals surface area contributed by atoms with E-state index in [9.17, 15) is 9.59 Å². The van der Waals surface area contributed by atoms with Crippen LogP contribution in [0.1, 0.15) is 37.7 Å². The van der Waals surface area contributed by atoms with Gasteiger partial charge in [-0.25, -0.2) is 4.98 Å². The normalized spacial score (nSPS) is 18.0. The van der Waals surface area contributed by atoms with Gasteiger partial charge in [-0.1, -0.05) is 12.1 Å². The summed E-state index contributed by atoms with van der Waals surface area (Å²) in [5.74, 6) is 1.22. The van der Waals surface area contributed by atoms with Crippen molar-refractivity contribution >= 4 is 40.2 Å². The number of carbonyl (C=O) groups is 2. The zero-order chi connectivity index (χ0) is 25.0. The molecule has 10 heteroatoms. The van der Waals surface area contributed by atoms with Crippen LogP contribution < -0.4 is 21.1 Å². The largest absolute Gasteiger partial charge is 0.439 e. The molecule has 1 atom stereocenters. The standard InChI is InChI=1S/C26H35BrN4O4.ClH/c1-34-13-3-12-29-26(33)23(31-25(32)20-8-6-18(16-28)7-9-20)15-19-4-2-5-22(14-19)35-24-11-10-21(27)17-30-24;/h2,4-5,10-11,14,17-18,20,23H,3,6-9,12-13,15-16,28H2,1H3,(H,29,33)(H,31,32);1H/t18?,20?,23-;/m0./s1. The van der Waals surface area contributed by atoms with Crippen LogP contribution in [0, 0.1) is 11.8 Å². The van der Waals surface area contributed by atoms with Crippen molar-refractivity contribution in [2.45, 2.75) is 44.6 Å². The minimum absolute atomic E-state index is 0. The number of halogens is 2. The van der Waals surface area contributed by atoms with Crippen LogP contribution >= 0.6 is 28.3 Å². The lowest BCUT2D eigenvalue weighted by Gasteiger charge is -2.28. The smallest absolute Gasteiger partial charge is 0.242 e. The van der Waals surface area contributed by atoms with Gasteiger partial charge in [-0.05, 0) is 84.3 Å². The molecule has 0 bridgehead atoms. The Morgan fingerprint density at radius 1 is 1.19 bits per heavy atom. The number of amides is 2. The second-order valence-corrected chi connectivity index (χ2v) is 9.84. The van der Waals surface area contributed by atoms with Crippen LogP contribution in [0.3, 0.4) is 0 Å². The van der Waals surface area contributed by atoms with E-state index in [0.717, 1.165) is 35.7 Å². The first kappa shape index (κ1) is 30.0. The molecule has 0 aliphatic heterocycles. The quantitative estimate of drug-likeness (QED) is 0.325. The predicted molar refractivity (Wildman–Crippen MR) is 145 cm³/mol. The van der Waals surface area contributed by atoms with Gasteiger partial charge in [-0.3, -0.25) is 9.59 Å². The first-order valence-electron chi connectivity index (χ1n) is 12.1. The molecule has 0 unspecified atom stereocenters. The summed E-state index contributed by atoms with van der Waals surface area (Å²) in [6, 6.07) is 10.4. The van der Waals surface area contributed by atoms with Crippen molar-refractivity contribution in [3.8, 4) is 11.6 Å². The molecule has 1 fully saturated rings. The molecule has 1 aliphatic rings. The lowest BCUT2D eigenvalue weighted by molar-refractivity contribution is -0.131. The number of benzene rings is 1. The van der Waals surface area contributed by atoms with Gasteiger partial charge in [-0.15, -0.1) is 12.4 Å². The van der Waals surface area contributed by atoms with Crippen molar-refractivity contribution in [3.05, 3.63) is 52.6 Å². The van der Waals surface area contributed by atoms with E-state index < -0.39 is 6.04 Å². The third kappa shape index (κ3) is 9.69. The highest BCUT2D eigenvalue weighted by molar-refractivity contribution is 9.10. The summed E-state index contributed by atoms with van der Waals surface area (Å²) >= 11 is 3.36. The van der Waals surface area contributed by atoms with Crippen LogP contribution in [0.2, 0.25) is 0 Å². The SMILES string of the molecule is COCCCNC(=O)[C@H](Cc1cccc(Oc2ccc(Br)cn2)c1)NC(=O)C1CCC(CN)CC1.Cl. The molecule has 2 aromatic rings. The molecule has 4 N–H and O–H groups in total. The van der Waals surface area contributed by atoms with Gasteiger partial charge >= 0.3 is 0 Å². The first-order valence-corrected chi connectivity index (χ1v) is 12.9. The summed E-state index contributed by atoms with van der Waals surface area (Å²) in [4.78, 5) is 30.3. The molecule has 1 heterocycles. The van der Waals surface area contributed by atoms with E-state index in [2.05, 4.69) is 31.5 Å². The number of carbonyl (C=O) groups excluding carboxylic acids is 2. The molecule has 36 heavy (non-hydrogen) atoms. The van der Waals surface area contributed by atoms with Crippen LogP contribution in [0.5, 0.6) is 11.6 Å². The Balaban J connectivity index is 0.00000456. The molecule has 198 valence electrons. The molecule has 3 rings (SSSR count). The average Bonchev–Trinajstić information content (AvgIpc) is 2.87. The van der Waals surface area contributed by atoms with Gasteiger partial charge < -0.3 is 25.8 Å². The Morgan fingerprint density at radius 3 is 2.64 bits per heavy atom. The number of nitrogens with two attached hydrogens (primary N) is 1. The van der Waals surface area contributed by atoms with Crippen molar-refractivity contribution in [3.63, 3.8) is 0 Å². The first-order chi connectivity index (χ1) is 17.0. The van der Waals surface area contributed by atoms with Crippen LogP contribution in [0.4, 0.5) is 0 Å². The fourth-order valence-corrected chi connectivity index (χ4v) is 4.46. The van der Waals surface area contributed by atoms with E-state index in [-0.39, 0.29) is 30.1 Å². The zero-order valence-corrected chi connectivity index (χ0v) is 23.0. The maximum atomic E-state index is 13.0. The van der Waals surface area contributed by atoms with Crippen LogP contribution in [-0.2, 0) is 20.7 Å². The van der Waals surface area contributed by atoms with Gasteiger partial charge in [0.05, 0.1) is 0 Å². The maximum Gasteiger partial charge on any atom is 0.242 e. The third-order valence-corrected chi connectivity index (χ3v) is 6.74. The summed E-state index contributed by atoms with van der Waals surface area (Å²) in [6.07, 6.45) is 6.23. The maximum absolute atomic E-state index is 13.0. The number of hydrogen-bond acceptors (Lipinski definition) is 6. The Bertz CT molecular complexity index is 955. The minimum Gasteiger partial charge on any atom is -0.439 e. The highest BCUT2D eigenvalue weighted by atomic mass is 79.9. The van der Waals surface area contributed by atoms with E-state index in [1.165, 1.54) is 0 Å². The van der Waals surface area contributed by atoms with Gasteiger partial charge in [0.25, 0.3) is 0 Å². The number of ether oxygens (including phenoxy) is 2. The minimum atomic E-state index is -0.682. The molecule has 1 aliphatic carbocycles. The third-order valence-electron chi connectivity index (χ3n) is 6.27. The molecule has 1 saturated carbocycles. The summed E-state index contributed by atoms with van der Waals surface area (Å²) < 4.78 is 11.8. The Hall–Kier alpha value is -2.20. The summed E-state index contributed by atoms with van der Waals surface area (Å²) in [7, 11) is 1.63. The topological polar surface area (TPSA) is 116 Å². The molecule has 0 radical (unpaired) electrons. The highest BCUT2D eigenvalue weighted by Crippen LogP contribution is 2.28. The molecular weight excluding hydrogens is 548 g/mol. The van der Waals surface area contributed by atoms with E-state index in [0.29, 0.717) is 50.1 Å². The Labute approximate surface area is 227 Å². The van der Waals surface area contributed by atoms with Crippen molar-refractivity contribution in [1.29, 1.82) is 0 Å². The summed E-state index contributed by atoms with van der Waals surface area (Å²) in [5, 5.41) is 5.94. The van der Waals surface area contributed by atoms with Crippen LogP contribution in [-0.4, -0.2) is 49.6 Å². The lowest BCUT2D eigenvalue weighted by atomic mass is 9.81. The monoisotopic (exact) mass is 582 g/mol. The van der Waals surface area contributed by atoms with Gasteiger partial charge in [0.1, 0.15) is 11.8 Å². The predicted octanol–water partition coefficient (Wildman–Crippen LogP) is 4.00. The number of aromatic nitrogens is 1. The van der Waals surface area contributed by atoms with Crippen LogP contribution in [0.25, 0.3) is 0 Å². The second kappa shape index (κ2) is 15.8. The summed E-state index contributed by atoms with van der Waals surface area (Å²) in [6.45, 7) is 1.71. The van der Waals surface area contributed by atoms with Crippen molar-refractivity contribution in [1.82, 2.24) is 15.6 Å². The highest BCUT2D eigenvalue weighted by Gasteiger charge is 2.29. The van der Waals surface area contributed by atoms with E-state index in [1.54, 1.807) is 19.4 Å². The molecule has 0 saturated heterocycles.